The number of nitrogens with zero attached hydrogens (tertiary/aromatic N) is 5. The summed E-state index contributed by atoms with van der Waals surface area (Å²) in [5, 5.41) is 11.3. The van der Waals surface area contributed by atoms with Gasteiger partial charge < -0.3 is 9.88 Å². The smallest absolute Gasteiger partial charge is 0.290 e. The highest BCUT2D eigenvalue weighted by molar-refractivity contribution is 8.01. The van der Waals surface area contributed by atoms with Crippen molar-refractivity contribution in [3.63, 3.8) is 0 Å². The third-order valence-electron chi connectivity index (χ3n) is 3.65. The van der Waals surface area contributed by atoms with Crippen molar-refractivity contribution in [2.45, 2.75) is 11.3 Å². The van der Waals surface area contributed by atoms with Crippen molar-refractivity contribution < 1.29 is 4.79 Å². The maximum absolute atomic E-state index is 12.2. The standard InChI is InChI=1S/C14H19N7O2S2/c1-2-24-14-19-18-13(25-14)17-10(22)9-20-5-7-21(8-6-20)11-12(23)16-4-3-15-11/h3-4H,2,5-9H2,1H3,(H,16,23)(H,17,18,22). The monoisotopic (exact) mass is 381 g/mol. The molecule has 1 saturated heterocycles. The van der Waals surface area contributed by atoms with E-state index in [1.165, 1.54) is 17.5 Å². The first-order chi connectivity index (χ1) is 12.2. The molecule has 1 aliphatic heterocycles. The summed E-state index contributed by atoms with van der Waals surface area (Å²) in [4.78, 5) is 34.7. The predicted molar refractivity (Wildman–Crippen MR) is 98.4 cm³/mol. The van der Waals surface area contributed by atoms with E-state index in [9.17, 15) is 9.59 Å². The first-order valence-electron chi connectivity index (χ1n) is 7.93. The molecule has 0 unspecified atom stereocenters. The first-order valence-corrected chi connectivity index (χ1v) is 9.73. The Morgan fingerprint density at radius 2 is 2.16 bits per heavy atom. The third-order valence-corrected chi connectivity index (χ3v) is 5.50. The van der Waals surface area contributed by atoms with Gasteiger partial charge >= 0.3 is 0 Å². The number of anilines is 2. The Bertz CT molecular complexity index is 770. The molecule has 3 rings (SSSR count). The molecule has 1 aliphatic rings. The average Bonchev–Trinajstić information content (AvgIpc) is 3.03. The second kappa shape index (κ2) is 8.41. The highest BCUT2D eigenvalue weighted by Gasteiger charge is 2.21. The number of aromatic amines is 1. The van der Waals surface area contributed by atoms with Crippen LogP contribution < -0.4 is 15.8 Å². The van der Waals surface area contributed by atoms with E-state index >= 15 is 0 Å². The van der Waals surface area contributed by atoms with E-state index in [4.69, 9.17) is 0 Å². The number of amides is 1. The number of H-pyrrole nitrogens is 1. The van der Waals surface area contributed by atoms with Gasteiger partial charge in [-0.25, -0.2) is 4.98 Å². The molecule has 0 bridgehead atoms. The van der Waals surface area contributed by atoms with Crippen molar-refractivity contribution in [2.75, 3.05) is 48.7 Å². The second-order valence-electron chi connectivity index (χ2n) is 5.36. The summed E-state index contributed by atoms with van der Waals surface area (Å²) in [5.41, 5.74) is -0.189. The lowest BCUT2D eigenvalue weighted by atomic mass is 10.3. The number of nitrogens with one attached hydrogen (secondary N) is 2. The summed E-state index contributed by atoms with van der Waals surface area (Å²) in [5.74, 6) is 1.25. The fraction of sp³-hybridized carbons (Fsp3) is 0.500. The Kier molecular flexibility index (Phi) is 6.00. The molecule has 0 spiro atoms. The van der Waals surface area contributed by atoms with Crippen LogP contribution in [0.1, 0.15) is 6.92 Å². The van der Waals surface area contributed by atoms with Crippen LogP contribution in [0.2, 0.25) is 0 Å². The zero-order chi connectivity index (χ0) is 17.6. The van der Waals surface area contributed by atoms with Crippen LogP contribution in [-0.2, 0) is 4.79 Å². The summed E-state index contributed by atoms with van der Waals surface area (Å²) < 4.78 is 0.854. The van der Waals surface area contributed by atoms with E-state index in [2.05, 4.69) is 25.5 Å². The molecular weight excluding hydrogens is 362 g/mol. The summed E-state index contributed by atoms with van der Waals surface area (Å²) in [6.45, 7) is 5.03. The molecule has 1 fully saturated rings. The quantitative estimate of drug-likeness (QED) is 0.550. The molecular formula is C14H19N7O2S2. The van der Waals surface area contributed by atoms with Gasteiger partial charge in [-0.15, -0.1) is 10.2 Å². The molecule has 0 radical (unpaired) electrons. The fourth-order valence-electron chi connectivity index (χ4n) is 2.49. The van der Waals surface area contributed by atoms with Crippen molar-refractivity contribution in [3.05, 3.63) is 22.7 Å². The van der Waals surface area contributed by atoms with E-state index in [0.29, 0.717) is 43.7 Å². The summed E-state index contributed by atoms with van der Waals surface area (Å²) in [6, 6.07) is 0. The molecule has 9 nitrogen and oxygen atoms in total. The van der Waals surface area contributed by atoms with Crippen LogP contribution in [0.25, 0.3) is 0 Å². The molecule has 2 N–H and O–H groups in total. The van der Waals surface area contributed by atoms with Gasteiger partial charge in [0.1, 0.15) is 0 Å². The summed E-state index contributed by atoms with van der Waals surface area (Å²) >= 11 is 2.98. The average molecular weight is 381 g/mol. The number of carbonyl (C=O) groups is 1. The van der Waals surface area contributed by atoms with Crippen LogP contribution in [0.15, 0.2) is 21.5 Å². The summed E-state index contributed by atoms with van der Waals surface area (Å²) in [7, 11) is 0. The van der Waals surface area contributed by atoms with Crippen LogP contribution in [0.4, 0.5) is 10.9 Å². The van der Waals surface area contributed by atoms with E-state index in [-0.39, 0.29) is 11.5 Å². The molecule has 11 heteroatoms. The molecule has 0 aromatic carbocycles. The molecule has 25 heavy (non-hydrogen) atoms. The predicted octanol–water partition coefficient (Wildman–Crippen LogP) is 0.494. The zero-order valence-electron chi connectivity index (χ0n) is 13.8. The Morgan fingerprint density at radius 3 is 2.88 bits per heavy atom. The number of rotatable bonds is 6. The van der Waals surface area contributed by atoms with Crippen molar-refractivity contribution in [1.82, 2.24) is 25.1 Å². The molecule has 0 saturated carbocycles. The molecule has 2 aromatic rings. The normalized spacial score (nSPS) is 15.3. The number of thioether (sulfide) groups is 1. The lowest BCUT2D eigenvalue weighted by Crippen LogP contribution is -2.50. The maximum atomic E-state index is 12.2. The van der Waals surface area contributed by atoms with Crippen LogP contribution in [0.5, 0.6) is 0 Å². The van der Waals surface area contributed by atoms with Gasteiger partial charge in [0.05, 0.1) is 6.54 Å². The first kappa shape index (κ1) is 17.8. The third kappa shape index (κ3) is 4.77. The number of carbonyl (C=O) groups excluding carboxylic acids is 1. The summed E-state index contributed by atoms with van der Waals surface area (Å²) in [6.07, 6.45) is 3.09. The Labute approximate surface area is 152 Å². The maximum Gasteiger partial charge on any atom is 0.290 e. The topological polar surface area (TPSA) is 107 Å². The number of hydrogen-bond donors (Lipinski definition) is 2. The van der Waals surface area contributed by atoms with Crippen molar-refractivity contribution >= 4 is 40.0 Å². The van der Waals surface area contributed by atoms with Crippen LogP contribution >= 0.6 is 23.1 Å². The molecule has 1 amide bonds. The minimum Gasteiger partial charge on any atom is -0.349 e. The van der Waals surface area contributed by atoms with Gasteiger partial charge in [-0.3, -0.25) is 19.8 Å². The fourth-order valence-corrected chi connectivity index (χ4v) is 4.16. The van der Waals surface area contributed by atoms with Gasteiger partial charge in [0.2, 0.25) is 11.0 Å². The number of aromatic nitrogens is 4. The Morgan fingerprint density at radius 1 is 1.36 bits per heavy atom. The lowest BCUT2D eigenvalue weighted by molar-refractivity contribution is -0.117. The van der Waals surface area contributed by atoms with Crippen LogP contribution in [0.3, 0.4) is 0 Å². The van der Waals surface area contributed by atoms with Gasteiger partial charge in [0.25, 0.3) is 5.56 Å². The number of piperazine rings is 1. The van der Waals surface area contributed by atoms with Crippen LogP contribution in [-0.4, -0.2) is 69.4 Å². The SMILES string of the molecule is CCSc1nnc(NC(=O)CN2CCN(c3ncc[nH]c3=O)CC2)s1. The lowest BCUT2D eigenvalue weighted by Gasteiger charge is -2.34. The Hall–Kier alpha value is -1.98. The van der Waals surface area contributed by atoms with Gasteiger partial charge in [0.15, 0.2) is 10.2 Å². The van der Waals surface area contributed by atoms with Gasteiger partial charge in [-0.2, -0.15) is 0 Å². The second-order valence-corrected chi connectivity index (χ2v) is 7.85. The van der Waals surface area contributed by atoms with Crippen molar-refractivity contribution in [3.8, 4) is 0 Å². The minimum atomic E-state index is -0.189. The molecule has 0 aliphatic carbocycles. The highest BCUT2D eigenvalue weighted by Crippen LogP contribution is 2.24. The van der Waals surface area contributed by atoms with E-state index in [1.54, 1.807) is 18.0 Å². The highest BCUT2D eigenvalue weighted by atomic mass is 32.2. The van der Waals surface area contributed by atoms with Gasteiger partial charge in [0, 0.05) is 38.6 Å². The van der Waals surface area contributed by atoms with Gasteiger partial charge in [-0.05, 0) is 5.75 Å². The Balaban J connectivity index is 1.47. The molecule has 134 valence electrons. The van der Waals surface area contributed by atoms with E-state index in [0.717, 1.165) is 10.1 Å². The largest absolute Gasteiger partial charge is 0.349 e. The molecule has 3 heterocycles. The van der Waals surface area contributed by atoms with Crippen LogP contribution in [0, 0.1) is 0 Å². The van der Waals surface area contributed by atoms with Gasteiger partial charge in [-0.1, -0.05) is 30.0 Å². The van der Waals surface area contributed by atoms with E-state index < -0.39 is 0 Å². The zero-order valence-corrected chi connectivity index (χ0v) is 15.4. The molecule has 2 aromatic heterocycles. The van der Waals surface area contributed by atoms with Crippen molar-refractivity contribution in [2.24, 2.45) is 0 Å². The molecule has 0 atom stereocenters. The number of hydrogen-bond acceptors (Lipinski definition) is 9. The van der Waals surface area contributed by atoms with Crippen molar-refractivity contribution in [1.29, 1.82) is 0 Å². The van der Waals surface area contributed by atoms with E-state index in [1.807, 2.05) is 16.7 Å². The minimum absolute atomic E-state index is 0.103.